The lowest BCUT2D eigenvalue weighted by Crippen LogP contribution is -2.22. The van der Waals surface area contributed by atoms with E-state index in [0.29, 0.717) is 17.7 Å². The fourth-order valence-corrected chi connectivity index (χ4v) is 4.20. The van der Waals surface area contributed by atoms with Crippen LogP contribution in [0, 0.1) is 6.92 Å². The molecular weight excluding hydrogens is 416 g/mol. The molecule has 2 aromatic heterocycles. The standard InChI is InChI=1S/C26H22N4O3/c1-16-23-21(29-30-25(31)18-12-14-27-15-13-18)10-5-11-22(23)33-24(16)26(32)28-20-9-4-7-17-6-2-3-8-19(17)20/h2-4,6-9,12-15H,5,10-11H2,1H3,(H,28,32)(H,30,31)/b29-21+. The van der Waals surface area contributed by atoms with Crippen LogP contribution in [0.2, 0.25) is 0 Å². The Balaban J connectivity index is 1.41. The largest absolute Gasteiger partial charge is 0.455 e. The molecule has 5 rings (SSSR count). The van der Waals surface area contributed by atoms with Crippen molar-refractivity contribution >= 4 is 34.0 Å². The van der Waals surface area contributed by atoms with Crippen LogP contribution in [0.3, 0.4) is 0 Å². The molecule has 0 atom stereocenters. The molecule has 0 unspecified atom stereocenters. The summed E-state index contributed by atoms with van der Waals surface area (Å²) in [6.45, 7) is 1.85. The van der Waals surface area contributed by atoms with Crippen LogP contribution >= 0.6 is 0 Å². The molecule has 2 heterocycles. The number of furan rings is 1. The van der Waals surface area contributed by atoms with E-state index in [0.717, 1.165) is 46.2 Å². The summed E-state index contributed by atoms with van der Waals surface area (Å²) in [6, 6.07) is 16.9. The summed E-state index contributed by atoms with van der Waals surface area (Å²) in [6.07, 6.45) is 5.35. The lowest BCUT2D eigenvalue weighted by atomic mass is 9.93. The second-order valence-corrected chi connectivity index (χ2v) is 7.92. The Morgan fingerprint density at radius 2 is 1.76 bits per heavy atom. The van der Waals surface area contributed by atoms with Crippen LogP contribution in [0.1, 0.15) is 50.6 Å². The Bertz CT molecular complexity index is 1380. The van der Waals surface area contributed by atoms with Gasteiger partial charge < -0.3 is 9.73 Å². The van der Waals surface area contributed by atoms with E-state index in [1.807, 2.05) is 49.4 Å². The van der Waals surface area contributed by atoms with Crippen molar-refractivity contribution < 1.29 is 14.0 Å². The minimum absolute atomic E-state index is 0.267. The highest BCUT2D eigenvalue weighted by atomic mass is 16.4. The Morgan fingerprint density at radius 1 is 0.970 bits per heavy atom. The second kappa shape index (κ2) is 8.70. The van der Waals surface area contributed by atoms with Gasteiger partial charge in [0.15, 0.2) is 5.76 Å². The molecule has 0 radical (unpaired) electrons. The number of benzene rings is 2. The fourth-order valence-electron chi connectivity index (χ4n) is 4.20. The highest BCUT2D eigenvalue weighted by Gasteiger charge is 2.28. The highest BCUT2D eigenvalue weighted by Crippen LogP contribution is 2.31. The number of pyridine rings is 1. The van der Waals surface area contributed by atoms with Gasteiger partial charge in [-0.3, -0.25) is 14.6 Å². The molecule has 164 valence electrons. The third kappa shape index (κ3) is 4.01. The molecule has 2 amide bonds. The van der Waals surface area contributed by atoms with E-state index in [4.69, 9.17) is 4.42 Å². The van der Waals surface area contributed by atoms with Crippen LogP contribution in [0.5, 0.6) is 0 Å². The quantitative estimate of drug-likeness (QED) is 0.445. The number of hydrogen-bond donors (Lipinski definition) is 2. The summed E-state index contributed by atoms with van der Waals surface area (Å²) < 4.78 is 5.99. The average molecular weight is 438 g/mol. The summed E-state index contributed by atoms with van der Waals surface area (Å²) >= 11 is 0. The monoisotopic (exact) mass is 438 g/mol. The lowest BCUT2D eigenvalue weighted by molar-refractivity contribution is 0.0953. The van der Waals surface area contributed by atoms with Crippen LogP contribution in [0.25, 0.3) is 10.8 Å². The molecule has 0 spiro atoms. The summed E-state index contributed by atoms with van der Waals surface area (Å²) in [5, 5.41) is 9.36. The van der Waals surface area contributed by atoms with Crippen LogP contribution in [-0.4, -0.2) is 22.5 Å². The van der Waals surface area contributed by atoms with Crippen molar-refractivity contribution in [3.63, 3.8) is 0 Å². The molecule has 0 fully saturated rings. The number of amides is 2. The minimum atomic E-state index is -0.313. The summed E-state index contributed by atoms with van der Waals surface area (Å²) in [5.74, 6) is 0.368. The van der Waals surface area contributed by atoms with Crippen molar-refractivity contribution in [1.29, 1.82) is 0 Å². The molecule has 0 bridgehead atoms. The first-order chi connectivity index (χ1) is 16.1. The molecule has 4 aromatic rings. The zero-order valence-electron chi connectivity index (χ0n) is 18.1. The second-order valence-electron chi connectivity index (χ2n) is 7.92. The number of aromatic nitrogens is 1. The molecule has 2 aromatic carbocycles. The number of aryl methyl sites for hydroxylation is 1. The molecule has 0 saturated heterocycles. The maximum Gasteiger partial charge on any atom is 0.291 e. The maximum atomic E-state index is 13.1. The van der Waals surface area contributed by atoms with Crippen molar-refractivity contribution in [2.45, 2.75) is 26.2 Å². The summed E-state index contributed by atoms with van der Waals surface area (Å²) in [7, 11) is 0. The number of hydrogen-bond acceptors (Lipinski definition) is 5. The Hall–Kier alpha value is -4.26. The van der Waals surface area contributed by atoms with Crippen LogP contribution in [0.4, 0.5) is 5.69 Å². The van der Waals surface area contributed by atoms with Gasteiger partial charge in [-0.25, -0.2) is 5.43 Å². The normalized spacial score (nSPS) is 14.2. The van der Waals surface area contributed by atoms with Crippen LogP contribution in [-0.2, 0) is 6.42 Å². The predicted octanol–water partition coefficient (Wildman–Crippen LogP) is 4.86. The van der Waals surface area contributed by atoms with Gasteiger partial charge in [0.1, 0.15) is 5.76 Å². The number of rotatable bonds is 4. The number of nitrogens with zero attached hydrogens (tertiary/aromatic N) is 2. The van der Waals surface area contributed by atoms with Gasteiger partial charge in [0, 0.05) is 46.6 Å². The summed E-state index contributed by atoms with van der Waals surface area (Å²) in [5.41, 5.74) is 6.06. The Morgan fingerprint density at radius 3 is 2.61 bits per heavy atom. The molecule has 0 saturated carbocycles. The van der Waals surface area contributed by atoms with E-state index in [2.05, 4.69) is 20.8 Å². The maximum absolute atomic E-state index is 13.1. The Kier molecular flexibility index (Phi) is 5.44. The molecule has 7 nitrogen and oxygen atoms in total. The zero-order valence-corrected chi connectivity index (χ0v) is 18.1. The van der Waals surface area contributed by atoms with Gasteiger partial charge in [0.05, 0.1) is 5.71 Å². The molecule has 33 heavy (non-hydrogen) atoms. The highest BCUT2D eigenvalue weighted by molar-refractivity contribution is 6.11. The van der Waals surface area contributed by atoms with E-state index in [9.17, 15) is 9.59 Å². The third-order valence-electron chi connectivity index (χ3n) is 5.80. The molecule has 2 N–H and O–H groups in total. The SMILES string of the molecule is Cc1c(C(=O)Nc2cccc3ccccc23)oc2c1/C(=N/NC(=O)c1ccncc1)CCC2. The predicted molar refractivity (Wildman–Crippen MR) is 127 cm³/mol. The van der Waals surface area contributed by atoms with Crippen molar-refractivity contribution in [3.05, 3.63) is 95.2 Å². The van der Waals surface area contributed by atoms with Gasteiger partial charge in [-0.15, -0.1) is 0 Å². The minimum Gasteiger partial charge on any atom is -0.455 e. The molecule has 1 aliphatic rings. The first-order valence-electron chi connectivity index (χ1n) is 10.8. The fraction of sp³-hybridized carbons (Fsp3) is 0.154. The number of nitrogens with one attached hydrogen (secondary N) is 2. The van der Waals surface area contributed by atoms with Crippen molar-refractivity contribution in [1.82, 2.24) is 10.4 Å². The van der Waals surface area contributed by atoms with Gasteiger partial charge in [0.2, 0.25) is 0 Å². The van der Waals surface area contributed by atoms with Crippen molar-refractivity contribution in [3.8, 4) is 0 Å². The number of fused-ring (bicyclic) bond motifs is 2. The third-order valence-corrected chi connectivity index (χ3v) is 5.80. The summed E-state index contributed by atoms with van der Waals surface area (Å²) in [4.78, 5) is 29.4. The van der Waals surface area contributed by atoms with Gasteiger partial charge in [-0.2, -0.15) is 5.10 Å². The smallest absolute Gasteiger partial charge is 0.291 e. The van der Waals surface area contributed by atoms with Gasteiger partial charge in [-0.05, 0) is 43.4 Å². The topological polar surface area (TPSA) is 96.6 Å². The number of hydrazone groups is 1. The Labute approximate surface area is 190 Å². The van der Waals surface area contributed by atoms with Crippen LogP contribution < -0.4 is 10.7 Å². The molecule has 0 aliphatic heterocycles. The van der Waals surface area contributed by atoms with E-state index < -0.39 is 0 Å². The van der Waals surface area contributed by atoms with Crippen molar-refractivity contribution in [2.75, 3.05) is 5.32 Å². The average Bonchev–Trinajstić information content (AvgIpc) is 3.20. The van der Waals surface area contributed by atoms with Crippen LogP contribution in [0.15, 0.2) is 76.5 Å². The lowest BCUT2D eigenvalue weighted by Gasteiger charge is -2.13. The molecular formula is C26H22N4O3. The van der Waals surface area contributed by atoms with E-state index in [1.54, 1.807) is 24.5 Å². The number of carbonyl (C=O) groups is 2. The molecule has 1 aliphatic carbocycles. The van der Waals surface area contributed by atoms with Gasteiger partial charge in [0.25, 0.3) is 11.8 Å². The number of carbonyl (C=O) groups excluding carboxylic acids is 2. The first-order valence-corrected chi connectivity index (χ1v) is 10.8. The van der Waals surface area contributed by atoms with E-state index in [-0.39, 0.29) is 17.6 Å². The van der Waals surface area contributed by atoms with Gasteiger partial charge >= 0.3 is 0 Å². The first kappa shape index (κ1) is 20.6. The van der Waals surface area contributed by atoms with E-state index in [1.165, 1.54) is 0 Å². The van der Waals surface area contributed by atoms with Gasteiger partial charge in [-0.1, -0.05) is 36.4 Å². The number of anilines is 1. The van der Waals surface area contributed by atoms with E-state index >= 15 is 0 Å². The zero-order chi connectivity index (χ0) is 22.8. The van der Waals surface area contributed by atoms with Crippen molar-refractivity contribution in [2.24, 2.45) is 5.10 Å². The molecule has 7 heteroatoms.